The molecule has 1 N–H and O–H groups in total. The summed E-state index contributed by atoms with van der Waals surface area (Å²) in [7, 11) is 0. The predicted molar refractivity (Wildman–Crippen MR) is 71.3 cm³/mol. The van der Waals surface area contributed by atoms with Crippen molar-refractivity contribution >= 4 is 0 Å². The van der Waals surface area contributed by atoms with Gasteiger partial charge in [0.05, 0.1) is 6.10 Å². The molecule has 17 heavy (non-hydrogen) atoms. The van der Waals surface area contributed by atoms with Crippen LogP contribution in [0.5, 0.6) is 0 Å². The summed E-state index contributed by atoms with van der Waals surface area (Å²) < 4.78 is 5.73. The Morgan fingerprint density at radius 2 is 2.29 bits per heavy atom. The number of hydrogen-bond donors (Lipinski definition) is 1. The summed E-state index contributed by atoms with van der Waals surface area (Å²) in [6, 6.07) is 0. The van der Waals surface area contributed by atoms with E-state index in [0.29, 0.717) is 11.5 Å². The van der Waals surface area contributed by atoms with Crippen molar-refractivity contribution in [3.8, 4) is 0 Å². The van der Waals surface area contributed by atoms with E-state index in [1.165, 1.54) is 51.9 Å². The zero-order chi connectivity index (χ0) is 12.1. The second-order valence-electron chi connectivity index (χ2n) is 5.90. The molecule has 2 aliphatic heterocycles. The minimum absolute atomic E-state index is 0.406. The molecule has 0 radical (unpaired) electrons. The molecule has 2 fully saturated rings. The van der Waals surface area contributed by atoms with E-state index in [2.05, 4.69) is 24.1 Å². The van der Waals surface area contributed by atoms with Gasteiger partial charge in [-0.15, -0.1) is 0 Å². The fourth-order valence-electron chi connectivity index (χ4n) is 3.28. The first kappa shape index (κ1) is 13.3. The lowest BCUT2D eigenvalue weighted by molar-refractivity contribution is 0.0537. The lowest BCUT2D eigenvalue weighted by Crippen LogP contribution is -2.48. The molecule has 2 saturated heterocycles. The van der Waals surface area contributed by atoms with Crippen molar-refractivity contribution in [2.75, 3.05) is 39.3 Å². The van der Waals surface area contributed by atoms with Crippen molar-refractivity contribution in [1.82, 2.24) is 10.2 Å². The highest BCUT2D eigenvalue weighted by atomic mass is 16.5. The minimum atomic E-state index is 0.406. The van der Waals surface area contributed by atoms with Gasteiger partial charge in [0.15, 0.2) is 0 Å². The molecule has 0 aromatic rings. The maximum Gasteiger partial charge on any atom is 0.0673 e. The molecule has 3 heteroatoms. The van der Waals surface area contributed by atoms with Crippen molar-refractivity contribution in [3.63, 3.8) is 0 Å². The summed E-state index contributed by atoms with van der Waals surface area (Å²) in [6.45, 7) is 11.5. The first-order chi connectivity index (χ1) is 8.24. The van der Waals surface area contributed by atoms with Gasteiger partial charge in [0.1, 0.15) is 0 Å². The Morgan fingerprint density at radius 1 is 1.41 bits per heavy atom. The molecule has 0 amide bonds. The van der Waals surface area contributed by atoms with Crippen molar-refractivity contribution in [3.05, 3.63) is 0 Å². The number of hydrogen-bond acceptors (Lipinski definition) is 3. The molecule has 0 bridgehead atoms. The number of nitrogens with zero attached hydrogens (tertiary/aromatic N) is 1. The summed E-state index contributed by atoms with van der Waals surface area (Å²) in [6.07, 6.45) is 5.63. The summed E-state index contributed by atoms with van der Waals surface area (Å²) in [5, 5.41) is 3.59. The van der Waals surface area contributed by atoms with Crippen LogP contribution in [0.2, 0.25) is 0 Å². The van der Waals surface area contributed by atoms with E-state index in [1.807, 2.05) is 0 Å². The van der Waals surface area contributed by atoms with Crippen LogP contribution in [0.1, 0.15) is 39.5 Å². The fourth-order valence-corrected chi connectivity index (χ4v) is 3.28. The third-order valence-corrected chi connectivity index (χ3v) is 4.41. The van der Waals surface area contributed by atoms with Crippen LogP contribution in [0.25, 0.3) is 0 Å². The Morgan fingerprint density at radius 3 is 3.00 bits per heavy atom. The molecular formula is C14H28N2O. The molecule has 3 nitrogen and oxygen atoms in total. The van der Waals surface area contributed by atoms with Gasteiger partial charge in [-0.1, -0.05) is 6.92 Å². The van der Waals surface area contributed by atoms with E-state index in [1.54, 1.807) is 0 Å². The largest absolute Gasteiger partial charge is 0.377 e. The molecule has 0 aliphatic carbocycles. The predicted octanol–water partition coefficient (Wildman–Crippen LogP) is 1.88. The van der Waals surface area contributed by atoms with Crippen LogP contribution >= 0.6 is 0 Å². The number of nitrogens with one attached hydrogen (secondary N) is 1. The van der Waals surface area contributed by atoms with Gasteiger partial charge in [0.2, 0.25) is 0 Å². The summed E-state index contributed by atoms with van der Waals surface area (Å²) >= 11 is 0. The highest BCUT2D eigenvalue weighted by Gasteiger charge is 2.32. The van der Waals surface area contributed by atoms with E-state index in [0.717, 1.165) is 13.2 Å². The van der Waals surface area contributed by atoms with Crippen LogP contribution in [0.3, 0.4) is 0 Å². The van der Waals surface area contributed by atoms with Gasteiger partial charge >= 0.3 is 0 Å². The van der Waals surface area contributed by atoms with E-state index in [4.69, 9.17) is 4.74 Å². The normalized spacial score (nSPS) is 36.7. The topological polar surface area (TPSA) is 24.5 Å². The highest BCUT2D eigenvalue weighted by Crippen LogP contribution is 2.31. The molecule has 0 spiro atoms. The Labute approximate surface area is 106 Å². The van der Waals surface area contributed by atoms with Gasteiger partial charge in [-0.2, -0.15) is 0 Å². The van der Waals surface area contributed by atoms with Gasteiger partial charge in [-0.3, -0.25) is 0 Å². The lowest BCUT2D eigenvalue weighted by atomic mass is 9.78. The van der Waals surface area contributed by atoms with Gasteiger partial charge in [0.25, 0.3) is 0 Å². The average Bonchev–Trinajstić information content (AvgIpc) is 2.55. The van der Waals surface area contributed by atoms with Crippen molar-refractivity contribution in [2.45, 2.75) is 45.6 Å². The summed E-state index contributed by atoms with van der Waals surface area (Å²) in [5.41, 5.74) is 0.516. The van der Waals surface area contributed by atoms with Crippen LogP contribution in [-0.4, -0.2) is 50.3 Å². The Kier molecular flexibility index (Phi) is 4.83. The Balaban J connectivity index is 1.92. The second-order valence-corrected chi connectivity index (χ2v) is 5.90. The molecule has 2 heterocycles. The van der Waals surface area contributed by atoms with Crippen molar-refractivity contribution in [2.24, 2.45) is 5.41 Å². The highest BCUT2D eigenvalue weighted by molar-refractivity contribution is 4.88. The molecule has 0 saturated carbocycles. The molecular weight excluding hydrogens is 212 g/mol. The van der Waals surface area contributed by atoms with E-state index in [9.17, 15) is 0 Å². The van der Waals surface area contributed by atoms with E-state index in [-0.39, 0.29) is 0 Å². The SMILES string of the molecule is CCC1(CN2CCCOC(C)C2)CCCNC1. The van der Waals surface area contributed by atoms with Crippen LogP contribution in [0.4, 0.5) is 0 Å². The molecule has 100 valence electrons. The number of ether oxygens (including phenoxy) is 1. The van der Waals surface area contributed by atoms with Crippen LogP contribution in [0.15, 0.2) is 0 Å². The fraction of sp³-hybridized carbons (Fsp3) is 1.00. The Bertz CT molecular complexity index is 226. The van der Waals surface area contributed by atoms with Crippen molar-refractivity contribution < 1.29 is 4.74 Å². The monoisotopic (exact) mass is 240 g/mol. The average molecular weight is 240 g/mol. The Hall–Kier alpha value is -0.120. The number of piperidine rings is 1. The molecule has 0 aromatic carbocycles. The van der Waals surface area contributed by atoms with Gasteiger partial charge in [-0.05, 0) is 44.6 Å². The number of rotatable bonds is 3. The van der Waals surface area contributed by atoms with E-state index < -0.39 is 0 Å². The third kappa shape index (κ3) is 3.67. The van der Waals surface area contributed by atoms with Crippen LogP contribution < -0.4 is 5.32 Å². The van der Waals surface area contributed by atoms with Gasteiger partial charge < -0.3 is 15.0 Å². The first-order valence-corrected chi connectivity index (χ1v) is 7.29. The second kappa shape index (κ2) is 6.17. The van der Waals surface area contributed by atoms with Crippen LogP contribution in [0, 0.1) is 5.41 Å². The van der Waals surface area contributed by atoms with Crippen molar-refractivity contribution in [1.29, 1.82) is 0 Å². The standard InChI is InChI=1S/C14H28N2O/c1-3-14(6-4-7-15-11-14)12-16-8-5-9-17-13(2)10-16/h13,15H,3-12H2,1-2H3. The van der Waals surface area contributed by atoms with Gasteiger partial charge in [-0.25, -0.2) is 0 Å². The zero-order valence-electron chi connectivity index (χ0n) is 11.5. The first-order valence-electron chi connectivity index (χ1n) is 7.29. The molecule has 0 aromatic heterocycles. The maximum absolute atomic E-state index is 5.73. The summed E-state index contributed by atoms with van der Waals surface area (Å²) in [5.74, 6) is 0. The minimum Gasteiger partial charge on any atom is -0.377 e. The molecule has 2 unspecified atom stereocenters. The zero-order valence-corrected chi connectivity index (χ0v) is 11.5. The molecule has 2 rings (SSSR count). The van der Waals surface area contributed by atoms with Crippen LogP contribution in [-0.2, 0) is 4.74 Å². The van der Waals surface area contributed by atoms with E-state index >= 15 is 0 Å². The summed E-state index contributed by atoms with van der Waals surface area (Å²) in [4.78, 5) is 2.63. The quantitative estimate of drug-likeness (QED) is 0.815. The lowest BCUT2D eigenvalue weighted by Gasteiger charge is -2.41. The molecule has 2 atom stereocenters. The maximum atomic E-state index is 5.73. The molecule has 2 aliphatic rings. The smallest absolute Gasteiger partial charge is 0.0673 e. The van der Waals surface area contributed by atoms with Gasteiger partial charge in [0, 0.05) is 32.8 Å². The third-order valence-electron chi connectivity index (χ3n) is 4.41.